The van der Waals surface area contributed by atoms with Crippen LogP contribution in [0.3, 0.4) is 0 Å². The second-order valence-corrected chi connectivity index (χ2v) is 7.89. The summed E-state index contributed by atoms with van der Waals surface area (Å²) in [4.78, 5) is 9.38. The average molecular weight is 389 g/mol. The number of anilines is 1. The Morgan fingerprint density at radius 3 is 2.79 bits per heavy atom. The van der Waals surface area contributed by atoms with Gasteiger partial charge in [-0.05, 0) is 51.0 Å². The Hall–Kier alpha value is -3.15. The molecule has 0 saturated heterocycles. The van der Waals surface area contributed by atoms with Gasteiger partial charge in [-0.2, -0.15) is 0 Å². The number of hydrogen-bond donors (Lipinski definition) is 3. The summed E-state index contributed by atoms with van der Waals surface area (Å²) in [5, 5.41) is 14.6. The molecule has 0 aliphatic heterocycles. The lowest BCUT2D eigenvalue weighted by Gasteiger charge is -2.13. The van der Waals surface area contributed by atoms with Crippen LogP contribution in [-0.2, 0) is 0 Å². The van der Waals surface area contributed by atoms with Crippen LogP contribution in [0.25, 0.3) is 22.6 Å². The normalized spacial score (nSPS) is 15.2. The van der Waals surface area contributed by atoms with Gasteiger partial charge in [0.15, 0.2) is 0 Å². The molecule has 0 unspecified atom stereocenters. The van der Waals surface area contributed by atoms with Crippen molar-refractivity contribution in [2.75, 3.05) is 5.32 Å². The number of rotatable bonds is 7. The van der Waals surface area contributed by atoms with Crippen molar-refractivity contribution < 1.29 is 0 Å². The SMILES string of the molecule is CC(C)N/C=C(\C=N)c1ccc2ncc(-c3cccc(NC4CCCC4)n3)n2c1. The maximum Gasteiger partial charge on any atom is 0.137 e. The van der Waals surface area contributed by atoms with E-state index in [2.05, 4.69) is 29.5 Å². The summed E-state index contributed by atoms with van der Waals surface area (Å²) in [6.07, 6.45) is 12.2. The van der Waals surface area contributed by atoms with Crippen LogP contribution in [0.1, 0.15) is 45.1 Å². The molecule has 1 saturated carbocycles. The average Bonchev–Trinajstić information content (AvgIpc) is 3.38. The first-order valence-electron chi connectivity index (χ1n) is 10.3. The molecule has 3 aromatic heterocycles. The molecule has 0 bridgehead atoms. The standard InChI is InChI=1S/C23H28N6/c1-16(2)25-13-18(12-24)17-10-11-23-26-14-21(29(23)15-17)20-8-5-9-22(28-20)27-19-6-3-4-7-19/h5,8-16,19,24-25H,3-4,6-7H2,1-2H3,(H,27,28)/b18-13+,24-12?. The Labute approximate surface area is 171 Å². The fourth-order valence-electron chi connectivity index (χ4n) is 3.74. The van der Waals surface area contributed by atoms with Crippen molar-refractivity contribution in [3.8, 4) is 11.4 Å². The third-order valence-corrected chi connectivity index (χ3v) is 5.29. The van der Waals surface area contributed by atoms with E-state index in [9.17, 15) is 0 Å². The molecular formula is C23H28N6. The minimum absolute atomic E-state index is 0.316. The molecule has 3 N–H and O–H groups in total. The number of pyridine rings is 2. The van der Waals surface area contributed by atoms with Crippen LogP contribution < -0.4 is 10.6 Å². The number of nitrogens with one attached hydrogen (secondary N) is 3. The lowest BCUT2D eigenvalue weighted by atomic mass is 10.1. The van der Waals surface area contributed by atoms with E-state index >= 15 is 0 Å². The zero-order valence-electron chi connectivity index (χ0n) is 17.0. The fraction of sp³-hybridized carbons (Fsp3) is 0.348. The van der Waals surface area contributed by atoms with E-state index in [-0.39, 0.29) is 0 Å². The van der Waals surface area contributed by atoms with Crippen molar-refractivity contribution in [1.82, 2.24) is 19.7 Å². The van der Waals surface area contributed by atoms with Gasteiger partial charge < -0.3 is 16.0 Å². The van der Waals surface area contributed by atoms with Crippen LogP contribution in [0.4, 0.5) is 5.82 Å². The van der Waals surface area contributed by atoms with Gasteiger partial charge in [0.1, 0.15) is 11.5 Å². The number of aromatic nitrogens is 3. The van der Waals surface area contributed by atoms with Gasteiger partial charge >= 0.3 is 0 Å². The van der Waals surface area contributed by atoms with Crippen LogP contribution in [0.5, 0.6) is 0 Å². The number of allylic oxidation sites excluding steroid dienone is 1. The summed E-state index contributed by atoms with van der Waals surface area (Å²) in [6, 6.07) is 10.9. The topological polar surface area (TPSA) is 78.1 Å². The van der Waals surface area contributed by atoms with E-state index in [0.717, 1.165) is 34.0 Å². The maximum atomic E-state index is 7.79. The molecule has 0 aromatic carbocycles. The van der Waals surface area contributed by atoms with Crippen molar-refractivity contribution in [2.45, 2.75) is 51.6 Å². The van der Waals surface area contributed by atoms with Crippen molar-refractivity contribution >= 4 is 23.3 Å². The zero-order valence-corrected chi connectivity index (χ0v) is 17.0. The fourth-order valence-corrected chi connectivity index (χ4v) is 3.74. The third kappa shape index (κ3) is 4.31. The zero-order chi connectivity index (χ0) is 20.2. The molecule has 0 amide bonds. The van der Waals surface area contributed by atoms with Gasteiger partial charge in [0, 0.05) is 41.8 Å². The Bertz CT molecular complexity index is 1030. The van der Waals surface area contributed by atoms with Gasteiger partial charge in [0.25, 0.3) is 0 Å². The number of fused-ring (bicyclic) bond motifs is 1. The summed E-state index contributed by atoms with van der Waals surface area (Å²) >= 11 is 0. The molecule has 6 heteroatoms. The van der Waals surface area contributed by atoms with Gasteiger partial charge in [-0.1, -0.05) is 18.9 Å². The van der Waals surface area contributed by atoms with Crippen LogP contribution in [0, 0.1) is 5.41 Å². The van der Waals surface area contributed by atoms with Gasteiger partial charge in [0.2, 0.25) is 0 Å². The molecule has 0 atom stereocenters. The first kappa shape index (κ1) is 19.2. The maximum absolute atomic E-state index is 7.79. The molecule has 1 fully saturated rings. The highest BCUT2D eigenvalue weighted by atomic mass is 15.1. The van der Waals surface area contributed by atoms with Crippen LogP contribution in [0.2, 0.25) is 0 Å². The highest BCUT2D eigenvalue weighted by Crippen LogP contribution is 2.25. The highest BCUT2D eigenvalue weighted by molar-refractivity contribution is 6.08. The molecule has 1 aliphatic rings. The molecule has 0 radical (unpaired) electrons. The summed E-state index contributed by atoms with van der Waals surface area (Å²) in [7, 11) is 0. The minimum Gasteiger partial charge on any atom is -0.388 e. The molecule has 150 valence electrons. The lowest BCUT2D eigenvalue weighted by molar-refractivity contribution is 0.704. The largest absolute Gasteiger partial charge is 0.388 e. The van der Waals surface area contributed by atoms with Crippen molar-refractivity contribution in [3.63, 3.8) is 0 Å². The molecule has 1 aliphatic carbocycles. The van der Waals surface area contributed by atoms with Crippen LogP contribution in [-0.4, -0.2) is 32.7 Å². The summed E-state index contributed by atoms with van der Waals surface area (Å²) in [5.74, 6) is 0.918. The second kappa shape index (κ2) is 8.47. The van der Waals surface area contributed by atoms with Crippen molar-refractivity contribution in [1.29, 1.82) is 5.41 Å². The van der Waals surface area contributed by atoms with Gasteiger partial charge in [-0.25, -0.2) is 9.97 Å². The summed E-state index contributed by atoms with van der Waals surface area (Å²) in [5.41, 5.74) is 4.47. The quantitative estimate of drug-likeness (QED) is 0.511. The Balaban J connectivity index is 1.67. The van der Waals surface area contributed by atoms with Crippen LogP contribution in [0.15, 0.2) is 48.9 Å². The first-order valence-corrected chi connectivity index (χ1v) is 10.3. The van der Waals surface area contributed by atoms with Gasteiger partial charge in [-0.15, -0.1) is 0 Å². The molecule has 29 heavy (non-hydrogen) atoms. The third-order valence-electron chi connectivity index (χ3n) is 5.29. The van der Waals surface area contributed by atoms with Crippen molar-refractivity contribution in [2.24, 2.45) is 0 Å². The minimum atomic E-state index is 0.316. The molecule has 3 aromatic rings. The Morgan fingerprint density at radius 2 is 2.03 bits per heavy atom. The van der Waals surface area contributed by atoms with E-state index < -0.39 is 0 Å². The van der Waals surface area contributed by atoms with Gasteiger partial charge in [0.05, 0.1) is 17.6 Å². The molecule has 4 rings (SSSR count). The monoisotopic (exact) mass is 388 g/mol. The second-order valence-electron chi connectivity index (χ2n) is 7.89. The lowest BCUT2D eigenvalue weighted by Crippen LogP contribution is -2.16. The van der Waals surface area contributed by atoms with E-state index in [0.29, 0.717) is 12.1 Å². The molecule has 0 spiro atoms. The smallest absolute Gasteiger partial charge is 0.137 e. The summed E-state index contributed by atoms with van der Waals surface area (Å²) in [6.45, 7) is 4.15. The molecule has 6 nitrogen and oxygen atoms in total. The number of nitrogens with zero attached hydrogens (tertiary/aromatic N) is 3. The Kier molecular flexibility index (Phi) is 5.60. The van der Waals surface area contributed by atoms with Crippen molar-refractivity contribution in [3.05, 3.63) is 54.5 Å². The van der Waals surface area contributed by atoms with E-state index in [1.54, 1.807) is 0 Å². The number of hydrogen-bond acceptors (Lipinski definition) is 5. The number of imidazole rings is 1. The Morgan fingerprint density at radius 1 is 1.21 bits per heavy atom. The van der Waals surface area contributed by atoms with Gasteiger partial charge in [-0.3, -0.25) is 4.40 Å². The predicted octanol–water partition coefficient (Wildman–Crippen LogP) is 4.74. The first-order chi connectivity index (χ1) is 14.1. The summed E-state index contributed by atoms with van der Waals surface area (Å²) < 4.78 is 2.05. The van der Waals surface area contributed by atoms with E-state index in [4.69, 9.17) is 10.4 Å². The molecular weight excluding hydrogens is 360 g/mol. The highest BCUT2D eigenvalue weighted by Gasteiger charge is 2.16. The van der Waals surface area contributed by atoms with E-state index in [1.165, 1.54) is 31.9 Å². The predicted molar refractivity (Wildman–Crippen MR) is 119 cm³/mol. The molecule has 3 heterocycles. The van der Waals surface area contributed by atoms with Crippen LogP contribution >= 0.6 is 0 Å². The van der Waals surface area contributed by atoms with E-state index in [1.807, 2.05) is 53.3 Å².